The minimum Gasteiger partial charge on any atom is -0.464 e. The number of rotatable bonds is 7. The maximum atomic E-state index is 12.1. The quantitative estimate of drug-likeness (QED) is 0.654. The smallest absolute Gasteiger partial charge is 0.311 e. The fraction of sp³-hybridized carbons (Fsp3) is 0.933. The lowest BCUT2D eigenvalue weighted by molar-refractivity contribution is -0.156. The molecule has 0 aliphatic carbocycles. The van der Waals surface area contributed by atoms with Crippen molar-refractivity contribution >= 4 is 5.97 Å². The number of nitrogens with zero attached hydrogens (tertiary/aromatic N) is 1. The van der Waals surface area contributed by atoms with Gasteiger partial charge in [0.15, 0.2) is 0 Å². The van der Waals surface area contributed by atoms with Gasteiger partial charge >= 0.3 is 5.97 Å². The van der Waals surface area contributed by atoms with Gasteiger partial charge in [0.1, 0.15) is 6.61 Å². The third-order valence-electron chi connectivity index (χ3n) is 4.16. The van der Waals surface area contributed by atoms with Gasteiger partial charge in [-0.25, -0.2) is 0 Å². The summed E-state index contributed by atoms with van der Waals surface area (Å²) in [6.45, 7) is 10.0. The van der Waals surface area contributed by atoms with E-state index in [-0.39, 0.29) is 11.4 Å². The Hall–Kier alpha value is -0.570. The SMILES string of the molecule is CCCC(C)(CC)C(=O)OCCN1CCCCC1. The Morgan fingerprint density at radius 2 is 1.89 bits per heavy atom. The van der Waals surface area contributed by atoms with Crippen molar-refractivity contribution in [3.8, 4) is 0 Å². The molecule has 1 fully saturated rings. The van der Waals surface area contributed by atoms with E-state index in [2.05, 4.69) is 18.7 Å². The van der Waals surface area contributed by atoms with Crippen LogP contribution < -0.4 is 0 Å². The van der Waals surface area contributed by atoms with E-state index in [9.17, 15) is 4.79 Å². The molecule has 1 rings (SSSR count). The molecule has 0 N–H and O–H groups in total. The normalized spacial score (nSPS) is 20.4. The summed E-state index contributed by atoms with van der Waals surface area (Å²) in [7, 11) is 0. The summed E-state index contributed by atoms with van der Waals surface area (Å²) in [5, 5.41) is 0. The van der Waals surface area contributed by atoms with E-state index in [1.165, 1.54) is 19.3 Å². The van der Waals surface area contributed by atoms with E-state index in [0.717, 1.165) is 38.9 Å². The predicted octanol–water partition coefficient (Wildman–Crippen LogP) is 3.23. The standard InChI is InChI=1S/C15H29NO2/c1-4-9-15(3,5-2)14(17)18-13-12-16-10-7-6-8-11-16/h4-13H2,1-3H3. The Balaban J connectivity index is 2.26. The number of hydrogen-bond donors (Lipinski definition) is 0. The van der Waals surface area contributed by atoms with Gasteiger partial charge in [-0.05, 0) is 45.7 Å². The molecule has 0 bridgehead atoms. The monoisotopic (exact) mass is 255 g/mol. The zero-order chi connectivity index (χ0) is 13.4. The average Bonchev–Trinajstić information content (AvgIpc) is 2.40. The molecule has 1 aliphatic heterocycles. The second-order valence-corrected chi connectivity index (χ2v) is 5.70. The second kappa shape index (κ2) is 7.78. The highest BCUT2D eigenvalue weighted by Crippen LogP contribution is 2.28. The van der Waals surface area contributed by atoms with Gasteiger partial charge in [0, 0.05) is 6.54 Å². The summed E-state index contributed by atoms with van der Waals surface area (Å²) >= 11 is 0. The minimum atomic E-state index is -0.281. The van der Waals surface area contributed by atoms with Crippen LogP contribution in [-0.4, -0.2) is 37.1 Å². The van der Waals surface area contributed by atoms with Gasteiger partial charge in [0.2, 0.25) is 0 Å². The van der Waals surface area contributed by atoms with Crippen LogP contribution in [0.25, 0.3) is 0 Å². The average molecular weight is 255 g/mol. The molecular formula is C15H29NO2. The molecule has 3 heteroatoms. The van der Waals surface area contributed by atoms with Crippen molar-refractivity contribution in [2.24, 2.45) is 5.41 Å². The van der Waals surface area contributed by atoms with Crippen LogP contribution in [0, 0.1) is 5.41 Å². The van der Waals surface area contributed by atoms with Gasteiger partial charge in [0.05, 0.1) is 5.41 Å². The van der Waals surface area contributed by atoms with Gasteiger partial charge in [-0.2, -0.15) is 0 Å². The predicted molar refractivity (Wildman–Crippen MR) is 74.6 cm³/mol. The first-order chi connectivity index (χ1) is 8.62. The molecular weight excluding hydrogens is 226 g/mol. The third-order valence-corrected chi connectivity index (χ3v) is 4.16. The van der Waals surface area contributed by atoms with Gasteiger partial charge < -0.3 is 4.74 Å². The number of carbonyl (C=O) groups excluding carboxylic acids is 1. The van der Waals surface area contributed by atoms with Gasteiger partial charge in [0.25, 0.3) is 0 Å². The van der Waals surface area contributed by atoms with E-state index in [0.29, 0.717) is 6.61 Å². The molecule has 0 aromatic rings. The summed E-state index contributed by atoms with van der Waals surface area (Å²) in [6, 6.07) is 0. The van der Waals surface area contributed by atoms with Crippen LogP contribution >= 0.6 is 0 Å². The molecule has 1 aliphatic rings. The summed E-state index contributed by atoms with van der Waals surface area (Å²) in [5.74, 6) is -0.0103. The largest absolute Gasteiger partial charge is 0.464 e. The fourth-order valence-electron chi connectivity index (χ4n) is 2.60. The Morgan fingerprint density at radius 3 is 2.44 bits per heavy atom. The number of esters is 1. The molecule has 0 aromatic heterocycles. The molecule has 106 valence electrons. The molecule has 1 heterocycles. The molecule has 3 nitrogen and oxygen atoms in total. The first-order valence-corrected chi connectivity index (χ1v) is 7.52. The summed E-state index contributed by atoms with van der Waals surface area (Å²) in [4.78, 5) is 14.5. The number of carbonyl (C=O) groups is 1. The Kier molecular flexibility index (Phi) is 6.69. The lowest BCUT2D eigenvalue weighted by Gasteiger charge is -2.28. The summed E-state index contributed by atoms with van der Waals surface area (Å²) in [5.41, 5.74) is -0.281. The van der Waals surface area contributed by atoms with Crippen LogP contribution in [0.15, 0.2) is 0 Å². The lowest BCUT2D eigenvalue weighted by atomic mass is 9.83. The second-order valence-electron chi connectivity index (χ2n) is 5.70. The highest BCUT2D eigenvalue weighted by atomic mass is 16.5. The van der Waals surface area contributed by atoms with E-state index >= 15 is 0 Å². The molecule has 1 saturated heterocycles. The van der Waals surface area contributed by atoms with Crippen molar-refractivity contribution in [3.05, 3.63) is 0 Å². The van der Waals surface area contributed by atoms with Crippen LogP contribution in [-0.2, 0) is 9.53 Å². The maximum absolute atomic E-state index is 12.1. The van der Waals surface area contributed by atoms with Crippen LogP contribution in [0.2, 0.25) is 0 Å². The van der Waals surface area contributed by atoms with E-state index in [4.69, 9.17) is 4.74 Å². The van der Waals surface area contributed by atoms with E-state index in [1.54, 1.807) is 0 Å². The molecule has 0 amide bonds. The summed E-state index contributed by atoms with van der Waals surface area (Å²) in [6.07, 6.45) is 6.74. The zero-order valence-corrected chi connectivity index (χ0v) is 12.3. The van der Waals surface area contributed by atoms with Crippen LogP contribution in [0.1, 0.15) is 59.3 Å². The van der Waals surface area contributed by atoms with Gasteiger partial charge in [-0.1, -0.05) is 26.7 Å². The number of likely N-dealkylation sites (tertiary alicyclic amines) is 1. The van der Waals surface area contributed by atoms with E-state index in [1.807, 2.05) is 6.92 Å². The minimum absolute atomic E-state index is 0.0103. The molecule has 1 atom stereocenters. The summed E-state index contributed by atoms with van der Waals surface area (Å²) < 4.78 is 5.47. The van der Waals surface area contributed by atoms with Crippen molar-refractivity contribution in [1.82, 2.24) is 4.90 Å². The number of hydrogen-bond acceptors (Lipinski definition) is 3. The number of piperidine rings is 1. The molecule has 0 saturated carbocycles. The molecule has 0 aromatic carbocycles. The Morgan fingerprint density at radius 1 is 1.22 bits per heavy atom. The topological polar surface area (TPSA) is 29.5 Å². The van der Waals surface area contributed by atoms with Crippen molar-refractivity contribution in [2.45, 2.75) is 59.3 Å². The molecule has 0 spiro atoms. The third kappa shape index (κ3) is 4.60. The van der Waals surface area contributed by atoms with Crippen molar-refractivity contribution in [1.29, 1.82) is 0 Å². The maximum Gasteiger partial charge on any atom is 0.311 e. The van der Waals surface area contributed by atoms with Crippen molar-refractivity contribution in [2.75, 3.05) is 26.2 Å². The van der Waals surface area contributed by atoms with Crippen LogP contribution in [0.5, 0.6) is 0 Å². The van der Waals surface area contributed by atoms with E-state index < -0.39 is 0 Å². The molecule has 0 radical (unpaired) electrons. The molecule has 1 unspecified atom stereocenters. The van der Waals surface area contributed by atoms with Crippen LogP contribution in [0.3, 0.4) is 0 Å². The Bertz CT molecular complexity index is 249. The Labute approximate surface area is 112 Å². The number of ether oxygens (including phenoxy) is 1. The first kappa shape index (κ1) is 15.5. The van der Waals surface area contributed by atoms with Crippen molar-refractivity contribution < 1.29 is 9.53 Å². The fourth-order valence-corrected chi connectivity index (χ4v) is 2.60. The first-order valence-electron chi connectivity index (χ1n) is 7.52. The van der Waals surface area contributed by atoms with Gasteiger partial charge in [-0.3, -0.25) is 9.69 Å². The lowest BCUT2D eigenvalue weighted by Crippen LogP contribution is -2.35. The zero-order valence-electron chi connectivity index (χ0n) is 12.3. The molecule has 18 heavy (non-hydrogen) atoms. The van der Waals surface area contributed by atoms with Crippen molar-refractivity contribution in [3.63, 3.8) is 0 Å². The highest BCUT2D eigenvalue weighted by Gasteiger charge is 2.31. The van der Waals surface area contributed by atoms with Crippen LogP contribution in [0.4, 0.5) is 0 Å². The van der Waals surface area contributed by atoms with Gasteiger partial charge in [-0.15, -0.1) is 0 Å². The highest BCUT2D eigenvalue weighted by molar-refractivity contribution is 5.76.